The van der Waals surface area contributed by atoms with Crippen molar-refractivity contribution in [2.24, 2.45) is 5.73 Å². The third-order valence-corrected chi connectivity index (χ3v) is 2.90. The number of rotatable bonds is 5. The van der Waals surface area contributed by atoms with Crippen LogP contribution in [0.15, 0.2) is 18.2 Å². The van der Waals surface area contributed by atoms with Gasteiger partial charge in [0.2, 0.25) is 0 Å². The second-order valence-corrected chi connectivity index (χ2v) is 6.09. The number of hydrogen-bond donors (Lipinski definition) is 2. The Balaban J connectivity index is 2.61. The predicted octanol–water partition coefficient (Wildman–Crippen LogP) is 3.97. The average Bonchev–Trinajstić information content (AvgIpc) is 2.30. The third-order valence-electron chi connectivity index (χ3n) is 2.59. The van der Waals surface area contributed by atoms with E-state index < -0.39 is 11.7 Å². The quantitative estimate of drug-likeness (QED) is 0.808. The highest BCUT2D eigenvalue weighted by molar-refractivity contribution is 6.33. The molecule has 4 nitrogen and oxygen atoms in total. The predicted molar refractivity (Wildman–Crippen MR) is 83.3 cm³/mol. The van der Waals surface area contributed by atoms with Gasteiger partial charge >= 0.3 is 6.09 Å². The topological polar surface area (TPSA) is 64.3 Å². The number of nitrogens with two attached hydrogens (primary N) is 1. The minimum absolute atomic E-state index is 0.504. The van der Waals surface area contributed by atoms with Crippen molar-refractivity contribution in [3.63, 3.8) is 0 Å². The lowest BCUT2D eigenvalue weighted by atomic mass is 10.1. The number of carbonyl (C=O) groups is 1. The molecule has 1 amide bonds. The maximum Gasteiger partial charge on any atom is 0.412 e. The summed E-state index contributed by atoms with van der Waals surface area (Å²) in [5.41, 5.74) is 6.63. The van der Waals surface area contributed by atoms with Crippen LogP contribution in [-0.2, 0) is 11.2 Å². The van der Waals surface area contributed by atoms with Crippen LogP contribution < -0.4 is 11.1 Å². The first-order valence-corrected chi connectivity index (χ1v) is 7.18. The molecule has 0 atom stereocenters. The third kappa shape index (κ3) is 6.26. The number of ether oxygens (including phenoxy) is 1. The number of anilines is 1. The fraction of sp³-hybridized carbons (Fsp3) is 0.533. The van der Waals surface area contributed by atoms with Gasteiger partial charge in [0.05, 0.1) is 10.7 Å². The molecule has 1 rings (SSSR count). The van der Waals surface area contributed by atoms with Gasteiger partial charge in [-0.05, 0) is 64.3 Å². The van der Waals surface area contributed by atoms with Gasteiger partial charge in [-0.1, -0.05) is 17.7 Å². The van der Waals surface area contributed by atoms with Crippen LogP contribution in [0.1, 0.15) is 39.2 Å². The molecule has 5 heteroatoms. The Labute approximate surface area is 125 Å². The summed E-state index contributed by atoms with van der Waals surface area (Å²) in [7, 11) is 0. The van der Waals surface area contributed by atoms with Crippen molar-refractivity contribution in [3.8, 4) is 0 Å². The molecule has 0 aromatic heterocycles. The van der Waals surface area contributed by atoms with Crippen LogP contribution in [0.3, 0.4) is 0 Å². The Morgan fingerprint density at radius 1 is 1.35 bits per heavy atom. The highest BCUT2D eigenvalue weighted by Gasteiger charge is 2.17. The van der Waals surface area contributed by atoms with Crippen molar-refractivity contribution >= 4 is 23.4 Å². The Morgan fingerprint density at radius 3 is 2.60 bits per heavy atom. The number of carbonyl (C=O) groups excluding carboxylic acids is 1. The fourth-order valence-corrected chi connectivity index (χ4v) is 1.95. The van der Waals surface area contributed by atoms with Crippen molar-refractivity contribution in [2.45, 2.75) is 45.6 Å². The summed E-state index contributed by atoms with van der Waals surface area (Å²) in [4.78, 5) is 11.7. The maximum atomic E-state index is 11.7. The summed E-state index contributed by atoms with van der Waals surface area (Å²) in [5.74, 6) is 0. The van der Waals surface area contributed by atoms with E-state index in [1.807, 2.05) is 32.9 Å². The summed E-state index contributed by atoms with van der Waals surface area (Å²) >= 11 is 6.16. The molecule has 0 heterocycles. The zero-order valence-corrected chi connectivity index (χ0v) is 13.1. The highest BCUT2D eigenvalue weighted by Crippen LogP contribution is 2.24. The van der Waals surface area contributed by atoms with Gasteiger partial charge in [0, 0.05) is 0 Å². The van der Waals surface area contributed by atoms with Crippen molar-refractivity contribution in [1.82, 2.24) is 0 Å². The smallest absolute Gasteiger partial charge is 0.412 e. The standard InChI is InChI=1S/C15H23ClN2O2/c1-15(2,3)20-14(19)18-13-8-7-11(10-12(13)16)6-4-5-9-17/h7-8,10H,4-6,9,17H2,1-3H3,(H,18,19). The van der Waals surface area contributed by atoms with Gasteiger partial charge < -0.3 is 10.5 Å². The lowest BCUT2D eigenvalue weighted by Gasteiger charge is -2.20. The summed E-state index contributed by atoms with van der Waals surface area (Å²) < 4.78 is 5.18. The zero-order chi connectivity index (χ0) is 15.2. The van der Waals surface area contributed by atoms with Crippen LogP contribution in [0.4, 0.5) is 10.5 Å². The van der Waals surface area contributed by atoms with Gasteiger partial charge in [-0.15, -0.1) is 0 Å². The van der Waals surface area contributed by atoms with E-state index in [4.69, 9.17) is 22.1 Å². The van der Waals surface area contributed by atoms with Gasteiger partial charge in [-0.2, -0.15) is 0 Å². The van der Waals surface area contributed by atoms with Crippen molar-refractivity contribution in [3.05, 3.63) is 28.8 Å². The van der Waals surface area contributed by atoms with Crippen LogP contribution in [0.5, 0.6) is 0 Å². The van der Waals surface area contributed by atoms with E-state index in [1.165, 1.54) is 0 Å². The number of aryl methyl sites for hydroxylation is 1. The zero-order valence-electron chi connectivity index (χ0n) is 12.3. The SMILES string of the molecule is CC(C)(C)OC(=O)Nc1ccc(CCCCN)cc1Cl. The molecular weight excluding hydrogens is 276 g/mol. The summed E-state index contributed by atoms with van der Waals surface area (Å²) in [5, 5.41) is 3.16. The summed E-state index contributed by atoms with van der Waals surface area (Å²) in [6.07, 6.45) is 2.46. The molecule has 112 valence electrons. The minimum atomic E-state index is -0.529. The second-order valence-electron chi connectivity index (χ2n) is 5.69. The number of benzene rings is 1. The molecule has 20 heavy (non-hydrogen) atoms. The lowest BCUT2D eigenvalue weighted by Crippen LogP contribution is -2.27. The maximum absolute atomic E-state index is 11.7. The largest absolute Gasteiger partial charge is 0.444 e. The Morgan fingerprint density at radius 2 is 2.05 bits per heavy atom. The van der Waals surface area contributed by atoms with E-state index in [-0.39, 0.29) is 0 Å². The molecule has 1 aromatic carbocycles. The van der Waals surface area contributed by atoms with Gasteiger partial charge in [0.1, 0.15) is 5.60 Å². The van der Waals surface area contributed by atoms with Crippen molar-refractivity contribution in [2.75, 3.05) is 11.9 Å². The van der Waals surface area contributed by atoms with Crippen molar-refractivity contribution in [1.29, 1.82) is 0 Å². The van der Waals surface area contributed by atoms with E-state index in [9.17, 15) is 4.79 Å². The molecule has 0 radical (unpaired) electrons. The number of unbranched alkanes of at least 4 members (excludes halogenated alkanes) is 1. The van der Waals surface area contributed by atoms with Crippen LogP contribution in [0, 0.1) is 0 Å². The molecule has 1 aromatic rings. The number of nitrogens with one attached hydrogen (secondary N) is 1. The normalized spacial score (nSPS) is 11.2. The van der Waals surface area contributed by atoms with Crippen LogP contribution >= 0.6 is 11.6 Å². The minimum Gasteiger partial charge on any atom is -0.444 e. The Hall–Kier alpha value is -1.26. The molecule has 0 spiro atoms. The van der Waals surface area contributed by atoms with Gasteiger partial charge in [0.15, 0.2) is 0 Å². The Kier molecular flexibility index (Phi) is 6.30. The van der Waals surface area contributed by atoms with E-state index in [0.717, 1.165) is 24.8 Å². The van der Waals surface area contributed by atoms with Gasteiger partial charge in [0.25, 0.3) is 0 Å². The number of amides is 1. The lowest BCUT2D eigenvalue weighted by molar-refractivity contribution is 0.0636. The first kappa shape index (κ1) is 16.8. The fourth-order valence-electron chi connectivity index (χ4n) is 1.70. The van der Waals surface area contributed by atoms with Crippen LogP contribution in [0.2, 0.25) is 5.02 Å². The molecule has 0 fully saturated rings. The molecular formula is C15H23ClN2O2. The van der Waals surface area contributed by atoms with Crippen LogP contribution in [-0.4, -0.2) is 18.2 Å². The molecule has 0 aliphatic carbocycles. The second kappa shape index (κ2) is 7.50. The molecule has 0 unspecified atom stereocenters. The first-order valence-electron chi connectivity index (χ1n) is 6.80. The molecule has 0 aliphatic heterocycles. The number of hydrogen-bond acceptors (Lipinski definition) is 3. The van der Waals surface area contributed by atoms with Crippen molar-refractivity contribution < 1.29 is 9.53 Å². The summed E-state index contributed by atoms with van der Waals surface area (Å²) in [6.45, 7) is 6.14. The molecule has 3 N–H and O–H groups in total. The summed E-state index contributed by atoms with van der Waals surface area (Å²) in [6, 6.07) is 5.61. The molecule has 0 saturated carbocycles. The average molecular weight is 299 g/mol. The Bertz CT molecular complexity index is 456. The van der Waals surface area contributed by atoms with E-state index >= 15 is 0 Å². The van der Waals surface area contributed by atoms with Gasteiger partial charge in [-0.25, -0.2) is 4.79 Å². The molecule has 0 saturated heterocycles. The van der Waals surface area contributed by atoms with E-state index in [1.54, 1.807) is 6.07 Å². The van der Waals surface area contributed by atoms with Gasteiger partial charge in [-0.3, -0.25) is 5.32 Å². The first-order chi connectivity index (χ1) is 9.31. The van der Waals surface area contributed by atoms with E-state index in [0.29, 0.717) is 17.3 Å². The van der Waals surface area contributed by atoms with E-state index in [2.05, 4.69) is 5.32 Å². The molecule has 0 aliphatic rings. The number of halogens is 1. The highest BCUT2D eigenvalue weighted by atomic mass is 35.5. The van der Waals surface area contributed by atoms with Crippen LogP contribution in [0.25, 0.3) is 0 Å². The monoisotopic (exact) mass is 298 g/mol. The molecule has 0 bridgehead atoms.